The van der Waals surface area contributed by atoms with E-state index in [-0.39, 0.29) is 0 Å². The van der Waals surface area contributed by atoms with Crippen LogP contribution in [0.25, 0.3) is 0 Å². The Morgan fingerprint density at radius 1 is 1.00 bits per heavy atom. The van der Waals surface area contributed by atoms with Gasteiger partial charge in [0.15, 0.2) is 0 Å². The summed E-state index contributed by atoms with van der Waals surface area (Å²) in [4.78, 5) is 0. The number of fused-ring (bicyclic) bond motifs is 1. The fourth-order valence-electron chi connectivity index (χ4n) is 8.28. The lowest BCUT2D eigenvalue weighted by Gasteiger charge is -2.57. The van der Waals surface area contributed by atoms with Gasteiger partial charge in [-0.2, -0.15) is 0 Å². The van der Waals surface area contributed by atoms with Crippen LogP contribution in [0.3, 0.4) is 0 Å². The standard InChI is InChI=1S/C26H49N/c1-6-21-19-20(2)23(26(4)16-8-7-13-24(21)26)14-17-25(3)15-9-11-22(25)12-10-18-27-5/h20-24,27H,6-19H2,1-5H3/t20?,21-,22?,23-,24?,25?,26?/m0/s1. The molecule has 1 N–H and O–H groups in total. The van der Waals surface area contributed by atoms with Gasteiger partial charge in [0, 0.05) is 0 Å². The molecule has 0 amide bonds. The van der Waals surface area contributed by atoms with Crippen molar-refractivity contribution in [2.75, 3.05) is 13.6 Å². The van der Waals surface area contributed by atoms with E-state index in [4.69, 9.17) is 0 Å². The normalized spacial score (nSPS) is 45.0. The van der Waals surface area contributed by atoms with Gasteiger partial charge in [-0.15, -0.1) is 0 Å². The minimum absolute atomic E-state index is 0.635. The molecule has 0 aromatic carbocycles. The smallest absolute Gasteiger partial charge is 0.00518 e. The minimum atomic E-state index is 0.635. The van der Waals surface area contributed by atoms with E-state index >= 15 is 0 Å². The van der Waals surface area contributed by atoms with Gasteiger partial charge in [0.2, 0.25) is 0 Å². The molecule has 158 valence electrons. The van der Waals surface area contributed by atoms with E-state index in [1.165, 1.54) is 90.0 Å². The Morgan fingerprint density at radius 3 is 2.56 bits per heavy atom. The molecule has 0 aromatic heterocycles. The van der Waals surface area contributed by atoms with E-state index in [1.54, 1.807) is 0 Å². The van der Waals surface area contributed by atoms with Gasteiger partial charge in [0.25, 0.3) is 0 Å². The van der Waals surface area contributed by atoms with Gasteiger partial charge in [-0.05, 0) is 112 Å². The fraction of sp³-hybridized carbons (Fsp3) is 1.00. The highest BCUT2D eigenvalue weighted by Crippen LogP contribution is 2.60. The molecule has 0 aliphatic heterocycles. The highest BCUT2D eigenvalue weighted by molar-refractivity contribution is 5.01. The molecule has 0 aromatic rings. The van der Waals surface area contributed by atoms with Gasteiger partial charge in [-0.3, -0.25) is 0 Å². The number of hydrogen-bond acceptors (Lipinski definition) is 1. The quantitative estimate of drug-likeness (QED) is 0.434. The maximum absolute atomic E-state index is 3.35. The Bertz CT molecular complexity index is 459. The first-order valence-corrected chi connectivity index (χ1v) is 12.6. The molecule has 1 heteroatoms. The summed E-state index contributed by atoms with van der Waals surface area (Å²) in [6, 6.07) is 0. The first-order chi connectivity index (χ1) is 12.9. The molecule has 0 radical (unpaired) electrons. The third kappa shape index (κ3) is 4.44. The highest BCUT2D eigenvalue weighted by Gasteiger charge is 2.51. The Hall–Kier alpha value is -0.0400. The van der Waals surface area contributed by atoms with Crippen molar-refractivity contribution in [3.05, 3.63) is 0 Å². The van der Waals surface area contributed by atoms with E-state index in [0.29, 0.717) is 10.8 Å². The van der Waals surface area contributed by atoms with Crippen LogP contribution >= 0.6 is 0 Å². The van der Waals surface area contributed by atoms with Gasteiger partial charge in [-0.1, -0.05) is 53.4 Å². The van der Waals surface area contributed by atoms with Crippen LogP contribution in [-0.4, -0.2) is 13.6 Å². The maximum Gasteiger partial charge on any atom is -0.00518 e. The molecule has 3 aliphatic rings. The minimum Gasteiger partial charge on any atom is -0.320 e. The summed E-state index contributed by atoms with van der Waals surface area (Å²) in [6.07, 6.45) is 19.3. The lowest BCUT2D eigenvalue weighted by Crippen LogP contribution is -2.49. The molecule has 3 saturated carbocycles. The lowest BCUT2D eigenvalue weighted by molar-refractivity contribution is -0.0762. The molecule has 0 bridgehead atoms. The van der Waals surface area contributed by atoms with E-state index in [2.05, 4.69) is 40.1 Å². The van der Waals surface area contributed by atoms with E-state index in [9.17, 15) is 0 Å². The van der Waals surface area contributed by atoms with Gasteiger partial charge in [0.1, 0.15) is 0 Å². The second kappa shape index (κ2) is 9.19. The van der Waals surface area contributed by atoms with Gasteiger partial charge in [-0.25, -0.2) is 0 Å². The predicted octanol–water partition coefficient (Wildman–Crippen LogP) is 7.45. The zero-order valence-corrected chi connectivity index (χ0v) is 19.3. The largest absolute Gasteiger partial charge is 0.320 e. The summed E-state index contributed by atoms with van der Waals surface area (Å²) in [5, 5.41) is 3.35. The van der Waals surface area contributed by atoms with Gasteiger partial charge >= 0.3 is 0 Å². The van der Waals surface area contributed by atoms with Crippen LogP contribution in [-0.2, 0) is 0 Å². The number of hydrogen-bond donors (Lipinski definition) is 1. The lowest BCUT2D eigenvalue weighted by atomic mass is 9.48. The number of nitrogens with one attached hydrogen (secondary N) is 1. The first kappa shape index (κ1) is 21.7. The zero-order valence-electron chi connectivity index (χ0n) is 19.3. The summed E-state index contributed by atoms with van der Waals surface area (Å²) in [5.74, 6) is 4.96. The van der Waals surface area contributed by atoms with Crippen LogP contribution in [0.15, 0.2) is 0 Å². The number of rotatable bonds is 8. The van der Waals surface area contributed by atoms with Crippen LogP contribution < -0.4 is 5.32 Å². The van der Waals surface area contributed by atoms with Crippen molar-refractivity contribution in [2.45, 2.75) is 111 Å². The molecule has 3 fully saturated rings. The van der Waals surface area contributed by atoms with Crippen LogP contribution in [0.5, 0.6) is 0 Å². The van der Waals surface area contributed by atoms with Crippen molar-refractivity contribution in [3.63, 3.8) is 0 Å². The van der Waals surface area contributed by atoms with E-state index in [0.717, 1.165) is 29.6 Å². The monoisotopic (exact) mass is 375 g/mol. The molecule has 1 nitrogen and oxygen atoms in total. The Morgan fingerprint density at radius 2 is 1.81 bits per heavy atom. The van der Waals surface area contributed by atoms with Crippen LogP contribution in [0, 0.1) is 40.4 Å². The third-order valence-electron chi connectivity index (χ3n) is 9.92. The average Bonchev–Trinajstić information content (AvgIpc) is 3.01. The summed E-state index contributed by atoms with van der Waals surface area (Å²) in [6.45, 7) is 11.7. The van der Waals surface area contributed by atoms with Gasteiger partial charge in [0.05, 0.1) is 0 Å². The van der Waals surface area contributed by atoms with Gasteiger partial charge < -0.3 is 5.32 Å². The SMILES string of the molecule is CC[C@H]1CC(C)[C@H](CCC2(C)CCCC2CCCNC)C2(C)CCCCC12. The molecule has 0 saturated heterocycles. The van der Waals surface area contributed by atoms with Crippen molar-refractivity contribution in [1.82, 2.24) is 5.32 Å². The third-order valence-corrected chi connectivity index (χ3v) is 9.92. The predicted molar refractivity (Wildman–Crippen MR) is 119 cm³/mol. The molecule has 3 rings (SSSR count). The molecular weight excluding hydrogens is 326 g/mol. The molecule has 27 heavy (non-hydrogen) atoms. The molecular formula is C26H49N. The Balaban J connectivity index is 1.66. The Labute approximate surface area is 170 Å². The van der Waals surface area contributed by atoms with Crippen molar-refractivity contribution < 1.29 is 0 Å². The van der Waals surface area contributed by atoms with E-state index in [1.807, 2.05) is 0 Å². The maximum atomic E-state index is 3.35. The van der Waals surface area contributed by atoms with Crippen molar-refractivity contribution in [2.24, 2.45) is 40.4 Å². The fourth-order valence-corrected chi connectivity index (χ4v) is 8.28. The second-order valence-electron chi connectivity index (χ2n) is 11.4. The topological polar surface area (TPSA) is 12.0 Å². The van der Waals surface area contributed by atoms with E-state index < -0.39 is 0 Å². The van der Waals surface area contributed by atoms with Crippen LogP contribution in [0.2, 0.25) is 0 Å². The summed E-state index contributed by atoms with van der Waals surface area (Å²) < 4.78 is 0. The molecule has 0 spiro atoms. The summed E-state index contributed by atoms with van der Waals surface area (Å²) in [5.41, 5.74) is 1.28. The zero-order chi connectivity index (χ0) is 19.5. The molecule has 3 aliphatic carbocycles. The Kier molecular flexibility index (Phi) is 7.37. The first-order valence-electron chi connectivity index (χ1n) is 12.6. The summed E-state index contributed by atoms with van der Waals surface area (Å²) >= 11 is 0. The van der Waals surface area contributed by atoms with Crippen molar-refractivity contribution in [1.29, 1.82) is 0 Å². The molecule has 0 heterocycles. The second-order valence-corrected chi connectivity index (χ2v) is 11.4. The van der Waals surface area contributed by atoms with Crippen LogP contribution in [0.4, 0.5) is 0 Å². The average molecular weight is 376 g/mol. The molecule has 5 unspecified atom stereocenters. The highest BCUT2D eigenvalue weighted by atomic mass is 14.8. The van der Waals surface area contributed by atoms with Crippen molar-refractivity contribution in [3.8, 4) is 0 Å². The molecule has 7 atom stereocenters. The summed E-state index contributed by atoms with van der Waals surface area (Å²) in [7, 11) is 2.10. The van der Waals surface area contributed by atoms with Crippen molar-refractivity contribution >= 4 is 0 Å². The van der Waals surface area contributed by atoms with Crippen LogP contribution in [0.1, 0.15) is 111 Å².